The highest BCUT2D eigenvalue weighted by Gasteiger charge is 2.30. The van der Waals surface area contributed by atoms with Crippen molar-refractivity contribution in [3.63, 3.8) is 0 Å². The summed E-state index contributed by atoms with van der Waals surface area (Å²) in [6.07, 6.45) is 3.27. The smallest absolute Gasteiger partial charge is 0.0756 e. The molecule has 3 nitrogen and oxygen atoms in total. The molecule has 1 fully saturated rings. The van der Waals surface area contributed by atoms with Crippen molar-refractivity contribution in [2.75, 3.05) is 19.6 Å². The van der Waals surface area contributed by atoms with Crippen LogP contribution in [-0.4, -0.2) is 41.3 Å². The zero-order valence-electron chi connectivity index (χ0n) is 11.3. The third kappa shape index (κ3) is 4.04. The number of likely N-dealkylation sites (tertiary alicyclic amines) is 1. The average Bonchev–Trinajstić information content (AvgIpc) is 2.16. The van der Waals surface area contributed by atoms with Crippen molar-refractivity contribution in [2.24, 2.45) is 11.1 Å². The van der Waals surface area contributed by atoms with E-state index in [2.05, 4.69) is 25.7 Å². The molecule has 0 radical (unpaired) electrons. The Morgan fingerprint density at radius 3 is 2.31 bits per heavy atom. The molecule has 1 aliphatic heterocycles. The van der Waals surface area contributed by atoms with Crippen molar-refractivity contribution in [3.05, 3.63) is 0 Å². The van der Waals surface area contributed by atoms with Crippen LogP contribution in [0.1, 0.15) is 47.0 Å². The minimum atomic E-state index is -0.716. The maximum Gasteiger partial charge on any atom is 0.0756 e. The van der Waals surface area contributed by atoms with Gasteiger partial charge in [-0.2, -0.15) is 0 Å². The number of piperidine rings is 1. The Morgan fingerprint density at radius 2 is 1.88 bits per heavy atom. The number of hydrogen-bond acceptors (Lipinski definition) is 3. The molecule has 0 aromatic heterocycles. The van der Waals surface area contributed by atoms with Crippen molar-refractivity contribution in [3.8, 4) is 0 Å². The quantitative estimate of drug-likeness (QED) is 0.768. The molecule has 2 unspecified atom stereocenters. The summed E-state index contributed by atoms with van der Waals surface area (Å²) in [6.45, 7) is 11.3. The number of aliphatic hydroxyl groups is 1. The Hall–Kier alpha value is -0.120. The molecule has 3 N–H and O–H groups in total. The fraction of sp³-hybridized carbons (Fsp3) is 1.00. The summed E-state index contributed by atoms with van der Waals surface area (Å²) in [4.78, 5) is 2.48. The van der Waals surface area contributed by atoms with Crippen LogP contribution < -0.4 is 5.73 Å². The Balaban J connectivity index is 2.42. The molecule has 2 atom stereocenters. The minimum Gasteiger partial charge on any atom is -0.389 e. The minimum absolute atomic E-state index is 0.344. The van der Waals surface area contributed by atoms with Gasteiger partial charge in [-0.3, -0.25) is 0 Å². The van der Waals surface area contributed by atoms with Gasteiger partial charge in [0.1, 0.15) is 0 Å². The lowest BCUT2D eigenvalue weighted by Gasteiger charge is -2.41. The third-order valence-electron chi connectivity index (χ3n) is 3.95. The predicted molar refractivity (Wildman–Crippen MR) is 68.3 cm³/mol. The van der Waals surface area contributed by atoms with Crippen LogP contribution in [0.15, 0.2) is 0 Å². The second-order valence-corrected chi connectivity index (χ2v) is 6.45. The molecule has 96 valence electrons. The van der Waals surface area contributed by atoms with Crippen LogP contribution in [0, 0.1) is 5.41 Å². The topological polar surface area (TPSA) is 49.5 Å². The Bertz CT molecular complexity index is 216. The van der Waals surface area contributed by atoms with Gasteiger partial charge < -0.3 is 15.7 Å². The molecule has 0 aromatic carbocycles. The molecule has 16 heavy (non-hydrogen) atoms. The molecule has 0 amide bonds. The van der Waals surface area contributed by atoms with Crippen LogP contribution in [0.5, 0.6) is 0 Å². The maximum atomic E-state index is 9.98. The van der Waals surface area contributed by atoms with Gasteiger partial charge in [-0.1, -0.05) is 13.8 Å². The molecule has 1 rings (SSSR count). The van der Waals surface area contributed by atoms with Gasteiger partial charge in [0.25, 0.3) is 0 Å². The van der Waals surface area contributed by atoms with E-state index in [1.165, 1.54) is 12.8 Å². The van der Waals surface area contributed by atoms with Crippen LogP contribution in [0.3, 0.4) is 0 Å². The first-order chi connectivity index (χ1) is 7.26. The molecule has 1 heterocycles. The summed E-state index contributed by atoms with van der Waals surface area (Å²) in [5.74, 6) is 0. The lowest BCUT2D eigenvalue weighted by molar-refractivity contribution is 0.0147. The van der Waals surface area contributed by atoms with E-state index >= 15 is 0 Å². The average molecular weight is 228 g/mol. The van der Waals surface area contributed by atoms with E-state index in [9.17, 15) is 5.11 Å². The third-order valence-corrected chi connectivity index (χ3v) is 3.95. The Morgan fingerprint density at radius 1 is 1.38 bits per heavy atom. The standard InChI is InChI=1S/C13H28N2O/c1-11(9-13(4,16)10-14)15-7-5-12(2,3)6-8-15/h11,16H,5-10,14H2,1-4H3. The van der Waals surface area contributed by atoms with Gasteiger partial charge in [-0.25, -0.2) is 0 Å². The van der Waals surface area contributed by atoms with Crippen molar-refractivity contribution in [1.29, 1.82) is 0 Å². The molecule has 0 aromatic rings. The van der Waals surface area contributed by atoms with Gasteiger partial charge in [0, 0.05) is 12.6 Å². The highest BCUT2D eigenvalue weighted by Crippen LogP contribution is 2.31. The first-order valence-corrected chi connectivity index (χ1v) is 6.42. The first-order valence-electron chi connectivity index (χ1n) is 6.42. The molecule has 0 bridgehead atoms. The maximum absolute atomic E-state index is 9.98. The normalized spacial score (nSPS) is 27.4. The molecule has 0 spiro atoms. The fourth-order valence-electron chi connectivity index (χ4n) is 2.42. The largest absolute Gasteiger partial charge is 0.389 e. The molecule has 0 aliphatic carbocycles. The SMILES string of the molecule is CC(CC(C)(O)CN)N1CCC(C)(C)CC1. The van der Waals surface area contributed by atoms with E-state index in [0.717, 1.165) is 19.5 Å². The lowest BCUT2D eigenvalue weighted by Crippen LogP contribution is -2.47. The number of nitrogens with two attached hydrogens (primary N) is 1. The predicted octanol–water partition coefficient (Wildman–Crippen LogP) is 1.60. The molecule has 1 aliphatic rings. The summed E-state index contributed by atoms with van der Waals surface area (Å²) < 4.78 is 0. The van der Waals surface area contributed by atoms with Crippen LogP contribution in [0.25, 0.3) is 0 Å². The van der Waals surface area contributed by atoms with Crippen LogP contribution in [0.2, 0.25) is 0 Å². The van der Waals surface area contributed by atoms with E-state index in [0.29, 0.717) is 18.0 Å². The molecular weight excluding hydrogens is 200 g/mol. The van der Waals surface area contributed by atoms with Gasteiger partial charge in [0.15, 0.2) is 0 Å². The van der Waals surface area contributed by atoms with E-state index in [1.807, 2.05) is 6.92 Å². The van der Waals surface area contributed by atoms with Gasteiger partial charge in [-0.05, 0) is 51.6 Å². The van der Waals surface area contributed by atoms with Gasteiger partial charge in [0.2, 0.25) is 0 Å². The van der Waals surface area contributed by atoms with E-state index < -0.39 is 5.60 Å². The second-order valence-electron chi connectivity index (χ2n) is 6.45. The number of nitrogens with zero attached hydrogens (tertiary/aromatic N) is 1. The van der Waals surface area contributed by atoms with Crippen LogP contribution in [-0.2, 0) is 0 Å². The van der Waals surface area contributed by atoms with Gasteiger partial charge in [0.05, 0.1) is 5.60 Å². The van der Waals surface area contributed by atoms with Crippen molar-refractivity contribution >= 4 is 0 Å². The van der Waals surface area contributed by atoms with E-state index in [-0.39, 0.29) is 0 Å². The summed E-state index contributed by atoms with van der Waals surface area (Å²) >= 11 is 0. The van der Waals surface area contributed by atoms with Gasteiger partial charge >= 0.3 is 0 Å². The highest BCUT2D eigenvalue weighted by atomic mass is 16.3. The highest BCUT2D eigenvalue weighted by molar-refractivity contribution is 4.85. The number of rotatable bonds is 4. The molecular formula is C13H28N2O. The summed E-state index contributed by atoms with van der Waals surface area (Å²) in [7, 11) is 0. The van der Waals surface area contributed by atoms with Crippen molar-refractivity contribution in [2.45, 2.75) is 58.6 Å². The Labute approximate surface area is 100 Å². The lowest BCUT2D eigenvalue weighted by atomic mass is 9.82. The van der Waals surface area contributed by atoms with Crippen molar-refractivity contribution < 1.29 is 5.11 Å². The summed E-state index contributed by atoms with van der Waals surface area (Å²) in [6, 6.07) is 0.426. The van der Waals surface area contributed by atoms with E-state index in [1.54, 1.807) is 0 Å². The molecule has 0 saturated carbocycles. The summed E-state index contributed by atoms with van der Waals surface area (Å²) in [5.41, 5.74) is 5.34. The first kappa shape index (κ1) is 13.9. The zero-order valence-corrected chi connectivity index (χ0v) is 11.3. The summed E-state index contributed by atoms with van der Waals surface area (Å²) in [5, 5.41) is 9.98. The number of hydrogen-bond donors (Lipinski definition) is 2. The monoisotopic (exact) mass is 228 g/mol. The Kier molecular flexibility index (Phi) is 4.38. The van der Waals surface area contributed by atoms with Gasteiger partial charge in [-0.15, -0.1) is 0 Å². The molecule has 3 heteroatoms. The van der Waals surface area contributed by atoms with Crippen molar-refractivity contribution in [1.82, 2.24) is 4.90 Å². The van der Waals surface area contributed by atoms with E-state index in [4.69, 9.17) is 5.73 Å². The fourth-order valence-corrected chi connectivity index (χ4v) is 2.42. The van der Waals surface area contributed by atoms with Crippen LogP contribution in [0.4, 0.5) is 0 Å². The second kappa shape index (κ2) is 5.03. The molecule has 1 saturated heterocycles. The van der Waals surface area contributed by atoms with Crippen LogP contribution >= 0.6 is 0 Å². The zero-order chi connectivity index (χ0) is 12.4.